The molecule has 0 aromatic heterocycles. The summed E-state index contributed by atoms with van der Waals surface area (Å²) in [5, 5.41) is 20.5. The van der Waals surface area contributed by atoms with Gasteiger partial charge in [0.25, 0.3) is 0 Å². The Balaban J connectivity index is 2.96. The van der Waals surface area contributed by atoms with Gasteiger partial charge in [0, 0.05) is 4.90 Å². The lowest BCUT2D eigenvalue weighted by molar-refractivity contribution is -0.0328. The van der Waals surface area contributed by atoms with Crippen LogP contribution < -0.4 is 5.43 Å². The second-order valence-corrected chi connectivity index (χ2v) is 4.46. The minimum absolute atomic E-state index is 0.00809. The molecule has 0 bridgehead atoms. The van der Waals surface area contributed by atoms with Crippen LogP contribution in [0.1, 0.15) is 5.56 Å². The zero-order valence-corrected chi connectivity index (χ0v) is 10.4. The Labute approximate surface area is 111 Å². The summed E-state index contributed by atoms with van der Waals surface area (Å²) in [6, 6.07) is 7.15. The molecule has 19 heavy (non-hydrogen) atoms. The molecule has 0 radical (unpaired) electrons. The maximum atomic E-state index is 12.2. The normalized spacial score (nSPS) is 10.2. The van der Waals surface area contributed by atoms with E-state index in [9.17, 15) is 13.2 Å². The molecule has 0 spiro atoms. The van der Waals surface area contributed by atoms with Gasteiger partial charge in [-0.05, 0) is 36.4 Å². The topological polar surface area (TPSA) is 72.0 Å². The van der Waals surface area contributed by atoms with Crippen LogP contribution in [0, 0.1) is 29.6 Å². The first-order valence-corrected chi connectivity index (χ1v) is 5.67. The van der Waals surface area contributed by atoms with Crippen molar-refractivity contribution in [3.8, 4) is 12.1 Å². The van der Waals surface area contributed by atoms with Gasteiger partial charge >= 0.3 is 5.51 Å². The van der Waals surface area contributed by atoms with Crippen molar-refractivity contribution in [1.82, 2.24) is 0 Å². The van der Waals surface area contributed by atoms with Crippen LogP contribution >= 0.6 is 11.8 Å². The molecule has 0 fully saturated rings. The summed E-state index contributed by atoms with van der Waals surface area (Å²) in [7, 11) is 0. The number of hydrogen-bond acceptors (Lipinski definition) is 5. The molecule has 4 nitrogen and oxygen atoms in total. The molecular weight excluding hydrogens is 277 g/mol. The van der Waals surface area contributed by atoms with Gasteiger partial charge in [-0.2, -0.15) is 28.8 Å². The number of alkyl halides is 3. The molecule has 98 valence electrons. The predicted octanol–water partition coefficient (Wildman–Crippen LogP) is 3.42. The Bertz CT molecular complexity index is 565. The average Bonchev–Trinajstić information content (AvgIpc) is 2.32. The highest BCUT2D eigenvalue weighted by Crippen LogP contribution is 2.38. The van der Waals surface area contributed by atoms with E-state index in [2.05, 4.69) is 10.5 Å². The fraction of sp³-hybridized carbons (Fsp3) is 0.182. The van der Waals surface area contributed by atoms with Crippen LogP contribution in [0.4, 0.5) is 18.9 Å². The van der Waals surface area contributed by atoms with Crippen LogP contribution in [-0.4, -0.2) is 11.2 Å². The third-order valence-corrected chi connectivity index (χ3v) is 2.66. The van der Waals surface area contributed by atoms with Crippen LogP contribution in [-0.2, 0) is 0 Å². The van der Waals surface area contributed by atoms with Crippen molar-refractivity contribution in [2.45, 2.75) is 17.3 Å². The maximum Gasteiger partial charge on any atom is 0.446 e. The number of aryl methyl sites for hydroxylation is 1. The van der Waals surface area contributed by atoms with E-state index in [1.54, 1.807) is 6.92 Å². The van der Waals surface area contributed by atoms with E-state index >= 15 is 0 Å². The molecule has 0 unspecified atom stereocenters. The molecule has 0 saturated carbocycles. The number of nitrogens with one attached hydrogen (secondary N) is 1. The molecule has 0 saturated heterocycles. The quantitative estimate of drug-likeness (QED) is 0.524. The maximum absolute atomic E-state index is 12.2. The van der Waals surface area contributed by atoms with E-state index in [1.165, 1.54) is 30.3 Å². The van der Waals surface area contributed by atoms with E-state index in [-0.39, 0.29) is 16.7 Å². The number of rotatable bonds is 3. The summed E-state index contributed by atoms with van der Waals surface area (Å²) in [6.07, 6.45) is 0. The van der Waals surface area contributed by atoms with Crippen LogP contribution in [0.25, 0.3) is 0 Å². The fourth-order valence-corrected chi connectivity index (χ4v) is 1.69. The Morgan fingerprint density at radius 3 is 2.47 bits per heavy atom. The van der Waals surface area contributed by atoms with Crippen molar-refractivity contribution >= 4 is 23.2 Å². The summed E-state index contributed by atoms with van der Waals surface area (Å²) in [5.74, 6) is 0. The number of nitrogens with zero attached hydrogens (tertiary/aromatic N) is 3. The van der Waals surface area contributed by atoms with Crippen molar-refractivity contribution in [2.75, 3.05) is 5.43 Å². The highest BCUT2D eigenvalue weighted by molar-refractivity contribution is 8.00. The van der Waals surface area contributed by atoms with Gasteiger partial charge in [0.1, 0.15) is 12.1 Å². The summed E-state index contributed by atoms with van der Waals surface area (Å²) in [4.78, 5) is -0.00809. The Morgan fingerprint density at radius 2 is 1.95 bits per heavy atom. The largest absolute Gasteiger partial charge is 0.446 e. The third-order valence-electron chi connectivity index (χ3n) is 1.94. The molecule has 0 aliphatic heterocycles. The first kappa shape index (κ1) is 14.9. The first-order chi connectivity index (χ1) is 8.85. The smallest absolute Gasteiger partial charge is 0.276 e. The SMILES string of the molecule is Cc1ccc(SC(F)(F)F)cc1NN=C(C#N)C#N. The van der Waals surface area contributed by atoms with Gasteiger partial charge in [-0.3, -0.25) is 5.43 Å². The number of nitriles is 2. The average molecular weight is 284 g/mol. The summed E-state index contributed by atoms with van der Waals surface area (Å²) >= 11 is -0.249. The van der Waals surface area contributed by atoms with Gasteiger partial charge in [-0.15, -0.1) is 0 Å². The van der Waals surface area contributed by atoms with Crippen LogP contribution in [0.2, 0.25) is 0 Å². The lowest BCUT2D eigenvalue weighted by Gasteiger charge is -2.09. The molecule has 8 heteroatoms. The molecule has 1 rings (SSSR count). The molecular formula is C11H7F3N4S. The molecule has 0 aliphatic rings. The van der Waals surface area contributed by atoms with Crippen molar-refractivity contribution in [1.29, 1.82) is 10.5 Å². The predicted molar refractivity (Wildman–Crippen MR) is 65.4 cm³/mol. The van der Waals surface area contributed by atoms with Crippen LogP contribution in [0.3, 0.4) is 0 Å². The zero-order chi connectivity index (χ0) is 14.5. The highest BCUT2D eigenvalue weighted by Gasteiger charge is 2.29. The van der Waals surface area contributed by atoms with Crippen LogP contribution in [0.5, 0.6) is 0 Å². The third kappa shape index (κ3) is 4.90. The van der Waals surface area contributed by atoms with Crippen molar-refractivity contribution in [2.24, 2.45) is 5.10 Å². The first-order valence-electron chi connectivity index (χ1n) is 4.86. The highest BCUT2D eigenvalue weighted by atomic mass is 32.2. The van der Waals surface area contributed by atoms with Gasteiger partial charge in [0.05, 0.1) is 5.69 Å². The number of anilines is 1. The van der Waals surface area contributed by atoms with Gasteiger partial charge < -0.3 is 0 Å². The Morgan fingerprint density at radius 1 is 1.32 bits per heavy atom. The summed E-state index contributed by atoms with van der Waals surface area (Å²) < 4.78 is 36.7. The number of halogens is 3. The lowest BCUT2D eigenvalue weighted by Crippen LogP contribution is -2.01. The van der Waals surface area contributed by atoms with Crippen molar-refractivity contribution in [3.05, 3.63) is 23.8 Å². The van der Waals surface area contributed by atoms with E-state index in [1.807, 2.05) is 0 Å². The monoisotopic (exact) mass is 284 g/mol. The molecule has 1 aromatic rings. The van der Waals surface area contributed by atoms with Crippen molar-refractivity contribution < 1.29 is 13.2 Å². The van der Waals surface area contributed by atoms with Crippen molar-refractivity contribution in [3.63, 3.8) is 0 Å². The van der Waals surface area contributed by atoms with E-state index in [0.717, 1.165) is 0 Å². The molecule has 1 aromatic carbocycles. The van der Waals surface area contributed by atoms with Crippen LogP contribution in [0.15, 0.2) is 28.2 Å². The fourth-order valence-electron chi connectivity index (χ4n) is 1.11. The zero-order valence-electron chi connectivity index (χ0n) is 9.62. The Hall–Kier alpha value is -2.19. The minimum Gasteiger partial charge on any atom is -0.276 e. The molecule has 0 atom stereocenters. The summed E-state index contributed by atoms with van der Waals surface area (Å²) in [6.45, 7) is 1.66. The standard InChI is InChI=1S/C11H7F3N4S/c1-7-2-3-9(19-11(12,13)14)4-10(7)18-17-8(5-15)6-16/h2-4,18H,1H3. The van der Waals surface area contributed by atoms with Gasteiger partial charge in [-0.25, -0.2) is 0 Å². The van der Waals surface area contributed by atoms with Gasteiger partial charge in [-0.1, -0.05) is 6.07 Å². The molecule has 0 aliphatic carbocycles. The minimum atomic E-state index is -4.37. The molecule has 1 N–H and O–H groups in total. The number of benzene rings is 1. The Kier molecular flexibility index (Phi) is 4.79. The van der Waals surface area contributed by atoms with E-state index in [4.69, 9.17) is 10.5 Å². The lowest BCUT2D eigenvalue weighted by atomic mass is 10.2. The van der Waals surface area contributed by atoms with E-state index < -0.39 is 11.2 Å². The number of thioether (sulfide) groups is 1. The van der Waals surface area contributed by atoms with E-state index in [0.29, 0.717) is 11.3 Å². The molecule has 0 heterocycles. The number of hydrogen-bond donors (Lipinski definition) is 1. The second-order valence-electron chi connectivity index (χ2n) is 3.32. The number of hydrazone groups is 1. The second kappa shape index (κ2) is 6.12. The van der Waals surface area contributed by atoms with Gasteiger partial charge in [0.15, 0.2) is 0 Å². The molecule has 0 amide bonds. The van der Waals surface area contributed by atoms with Gasteiger partial charge in [0.2, 0.25) is 5.71 Å². The summed E-state index contributed by atoms with van der Waals surface area (Å²) in [5.41, 5.74) is -1.43.